The van der Waals surface area contributed by atoms with Crippen molar-refractivity contribution in [1.29, 1.82) is 0 Å². The van der Waals surface area contributed by atoms with E-state index in [4.69, 9.17) is 9.47 Å². The Morgan fingerprint density at radius 3 is 2.28 bits per heavy atom. The van der Waals surface area contributed by atoms with Crippen LogP contribution in [0.2, 0.25) is 0 Å². The summed E-state index contributed by atoms with van der Waals surface area (Å²) in [5.41, 5.74) is -1.41. The molecule has 0 rings (SSSR count). The Kier molecular flexibility index (Phi) is 7.34. The zero-order chi connectivity index (χ0) is 14.4. The van der Waals surface area contributed by atoms with Crippen molar-refractivity contribution >= 4 is 28.7 Å². The van der Waals surface area contributed by atoms with Crippen LogP contribution in [0.4, 0.5) is 13.6 Å². The summed E-state index contributed by atoms with van der Waals surface area (Å²) in [6.07, 6.45) is -3.10. The number of amides is 1. The molecule has 18 heavy (non-hydrogen) atoms. The number of carbonyl (C=O) groups is 1. The second-order valence-electron chi connectivity index (χ2n) is 5.14. The Labute approximate surface area is 120 Å². The smallest absolute Gasteiger partial charge is 0.407 e. The van der Waals surface area contributed by atoms with E-state index in [9.17, 15) is 13.6 Å². The number of hydrogen-bond acceptors (Lipinski definition) is 3. The minimum absolute atomic E-state index is 0.123. The summed E-state index contributed by atoms with van der Waals surface area (Å²) in [5.74, 6) is 0. The zero-order valence-electron chi connectivity index (χ0n) is 11.1. The van der Waals surface area contributed by atoms with E-state index in [1.807, 2.05) is 22.6 Å². The quantitative estimate of drug-likeness (QED) is 0.570. The zero-order valence-corrected chi connectivity index (χ0v) is 13.2. The maximum atomic E-state index is 12.1. The normalized spacial score (nSPS) is 15.3. The third kappa shape index (κ3) is 8.84. The molecule has 1 amide bonds. The first-order valence-electron chi connectivity index (χ1n) is 5.53. The maximum absolute atomic E-state index is 12.1. The Morgan fingerprint density at radius 2 is 1.89 bits per heavy atom. The van der Waals surface area contributed by atoms with Crippen molar-refractivity contribution in [2.24, 2.45) is 0 Å². The molecule has 0 aliphatic rings. The number of carbonyl (C=O) groups excluding carboxylic acids is 1. The van der Waals surface area contributed by atoms with Crippen molar-refractivity contribution in [1.82, 2.24) is 5.32 Å². The van der Waals surface area contributed by atoms with E-state index >= 15 is 0 Å². The van der Waals surface area contributed by atoms with Crippen LogP contribution in [-0.2, 0) is 9.47 Å². The van der Waals surface area contributed by atoms with Crippen molar-refractivity contribution in [3.05, 3.63) is 0 Å². The van der Waals surface area contributed by atoms with Gasteiger partial charge >= 0.3 is 6.09 Å². The minimum Gasteiger partial charge on any atom is -0.444 e. The standard InChI is InChI=1S/C11H20F2INO3/c1-10(2,3)18-9(16)15-7-11(4,6-14)17-5-8(12)13/h8H,5-7H2,1-4H3,(H,15,16). The van der Waals surface area contributed by atoms with E-state index in [1.165, 1.54) is 0 Å². The van der Waals surface area contributed by atoms with Gasteiger partial charge in [0.05, 0.1) is 12.1 Å². The van der Waals surface area contributed by atoms with Gasteiger partial charge in [0.2, 0.25) is 0 Å². The van der Waals surface area contributed by atoms with Gasteiger partial charge in [-0.3, -0.25) is 0 Å². The van der Waals surface area contributed by atoms with Crippen LogP contribution in [0.3, 0.4) is 0 Å². The Balaban J connectivity index is 4.17. The fraction of sp³-hybridized carbons (Fsp3) is 0.909. The molecular weight excluding hydrogens is 359 g/mol. The van der Waals surface area contributed by atoms with E-state index < -0.39 is 30.3 Å². The molecule has 4 nitrogen and oxygen atoms in total. The second kappa shape index (κ2) is 7.42. The van der Waals surface area contributed by atoms with Gasteiger partial charge in [0.25, 0.3) is 6.43 Å². The van der Waals surface area contributed by atoms with Crippen molar-refractivity contribution < 1.29 is 23.0 Å². The lowest BCUT2D eigenvalue weighted by molar-refractivity contribution is -0.0647. The lowest BCUT2D eigenvalue weighted by Gasteiger charge is -2.28. The maximum Gasteiger partial charge on any atom is 0.407 e. The average Bonchev–Trinajstić information content (AvgIpc) is 2.21. The largest absolute Gasteiger partial charge is 0.444 e. The molecule has 0 aromatic rings. The van der Waals surface area contributed by atoms with Crippen LogP contribution in [-0.4, -0.2) is 41.3 Å². The molecule has 0 saturated heterocycles. The molecule has 0 radical (unpaired) electrons. The number of rotatable bonds is 6. The first-order valence-corrected chi connectivity index (χ1v) is 7.05. The lowest BCUT2D eigenvalue weighted by Crippen LogP contribution is -2.46. The number of alkyl halides is 3. The van der Waals surface area contributed by atoms with Crippen molar-refractivity contribution in [3.8, 4) is 0 Å². The molecule has 0 heterocycles. The van der Waals surface area contributed by atoms with Gasteiger partial charge in [0.15, 0.2) is 0 Å². The summed E-state index contributed by atoms with van der Waals surface area (Å²) >= 11 is 2.03. The number of ether oxygens (including phenoxy) is 2. The van der Waals surface area contributed by atoms with Crippen LogP contribution in [0.1, 0.15) is 27.7 Å². The Bertz CT molecular complexity index is 272. The average molecular weight is 379 g/mol. The third-order valence-electron chi connectivity index (χ3n) is 1.85. The van der Waals surface area contributed by atoms with Gasteiger partial charge in [-0.15, -0.1) is 0 Å². The highest BCUT2D eigenvalue weighted by atomic mass is 127. The highest BCUT2D eigenvalue weighted by Gasteiger charge is 2.27. The Hall–Kier alpha value is -0.180. The van der Waals surface area contributed by atoms with Crippen molar-refractivity contribution in [2.75, 3.05) is 17.6 Å². The number of alkyl carbamates (subject to hydrolysis) is 1. The molecule has 0 spiro atoms. The summed E-state index contributed by atoms with van der Waals surface area (Å²) in [6.45, 7) is 6.39. The third-order valence-corrected chi connectivity index (χ3v) is 3.46. The van der Waals surface area contributed by atoms with Crippen LogP contribution in [0.25, 0.3) is 0 Å². The molecule has 0 saturated carbocycles. The summed E-state index contributed by atoms with van der Waals surface area (Å²) in [7, 11) is 0. The summed E-state index contributed by atoms with van der Waals surface area (Å²) in [4.78, 5) is 11.4. The molecule has 0 bridgehead atoms. The fourth-order valence-corrected chi connectivity index (χ4v) is 1.46. The van der Waals surface area contributed by atoms with Gasteiger partial charge in [-0.2, -0.15) is 0 Å². The van der Waals surface area contributed by atoms with E-state index in [1.54, 1.807) is 27.7 Å². The topological polar surface area (TPSA) is 47.6 Å². The predicted molar refractivity (Wildman–Crippen MR) is 73.5 cm³/mol. The van der Waals surface area contributed by atoms with Gasteiger partial charge in [-0.1, -0.05) is 22.6 Å². The van der Waals surface area contributed by atoms with E-state index in [2.05, 4.69) is 5.32 Å². The molecule has 1 unspecified atom stereocenters. The van der Waals surface area contributed by atoms with Gasteiger partial charge in [-0.05, 0) is 27.7 Å². The highest BCUT2D eigenvalue weighted by Crippen LogP contribution is 2.15. The molecule has 0 aliphatic heterocycles. The molecule has 0 aromatic carbocycles. The molecule has 0 fully saturated rings. The van der Waals surface area contributed by atoms with Crippen LogP contribution >= 0.6 is 22.6 Å². The van der Waals surface area contributed by atoms with Gasteiger partial charge in [0, 0.05) is 4.43 Å². The molecular formula is C11H20F2INO3. The molecule has 7 heteroatoms. The minimum atomic E-state index is -2.52. The van der Waals surface area contributed by atoms with Crippen molar-refractivity contribution in [3.63, 3.8) is 0 Å². The molecule has 0 aromatic heterocycles. The molecule has 1 N–H and O–H groups in total. The Morgan fingerprint density at radius 1 is 1.33 bits per heavy atom. The lowest BCUT2D eigenvalue weighted by atomic mass is 10.1. The SMILES string of the molecule is CC(C)(C)OC(=O)NCC(C)(CI)OCC(F)F. The van der Waals surface area contributed by atoms with Gasteiger partial charge < -0.3 is 14.8 Å². The second-order valence-corrected chi connectivity index (χ2v) is 5.90. The first kappa shape index (κ1) is 17.8. The van der Waals surface area contributed by atoms with Crippen LogP contribution in [0.15, 0.2) is 0 Å². The van der Waals surface area contributed by atoms with E-state index in [-0.39, 0.29) is 6.54 Å². The van der Waals surface area contributed by atoms with Gasteiger partial charge in [-0.25, -0.2) is 13.6 Å². The van der Waals surface area contributed by atoms with Crippen LogP contribution < -0.4 is 5.32 Å². The van der Waals surface area contributed by atoms with Crippen LogP contribution in [0, 0.1) is 0 Å². The highest BCUT2D eigenvalue weighted by molar-refractivity contribution is 14.1. The summed E-state index contributed by atoms with van der Waals surface area (Å²) in [6, 6.07) is 0. The monoisotopic (exact) mass is 379 g/mol. The fourth-order valence-electron chi connectivity index (χ4n) is 0.974. The van der Waals surface area contributed by atoms with Crippen LogP contribution in [0.5, 0.6) is 0 Å². The number of nitrogens with one attached hydrogen (secondary N) is 1. The first-order chi connectivity index (χ1) is 8.08. The predicted octanol–water partition coefficient (Wildman–Crippen LogP) is 2.99. The summed E-state index contributed by atoms with van der Waals surface area (Å²) < 4.78 is 34.8. The number of hydrogen-bond donors (Lipinski definition) is 1. The van der Waals surface area contributed by atoms with E-state index in [0.717, 1.165) is 0 Å². The molecule has 0 aliphatic carbocycles. The number of halogens is 3. The molecule has 108 valence electrons. The van der Waals surface area contributed by atoms with Crippen molar-refractivity contribution in [2.45, 2.75) is 45.3 Å². The summed E-state index contributed by atoms with van der Waals surface area (Å²) in [5, 5.41) is 2.52. The van der Waals surface area contributed by atoms with E-state index in [0.29, 0.717) is 4.43 Å². The molecule has 1 atom stereocenters. The van der Waals surface area contributed by atoms with Gasteiger partial charge in [0.1, 0.15) is 12.2 Å².